The van der Waals surface area contributed by atoms with Crippen LogP contribution >= 0.6 is 0 Å². The minimum absolute atomic E-state index is 0.492. The van der Waals surface area contributed by atoms with E-state index in [1.807, 2.05) is 36.4 Å². The molecule has 0 fully saturated rings. The first kappa shape index (κ1) is 17.1. The molecule has 2 N–H and O–H groups in total. The van der Waals surface area contributed by atoms with E-state index in [-0.39, 0.29) is 0 Å². The third-order valence-electron chi connectivity index (χ3n) is 4.52. The van der Waals surface area contributed by atoms with Gasteiger partial charge in [0, 0.05) is 12.6 Å². The third kappa shape index (κ3) is 3.92. The summed E-state index contributed by atoms with van der Waals surface area (Å²) >= 11 is 0. The highest BCUT2D eigenvalue weighted by Crippen LogP contribution is 2.29. The molecule has 0 saturated carbocycles. The van der Waals surface area contributed by atoms with E-state index in [4.69, 9.17) is 14.6 Å². The van der Waals surface area contributed by atoms with E-state index in [1.165, 1.54) is 0 Å². The minimum Gasteiger partial charge on any atom is -0.492 e. The lowest BCUT2D eigenvalue weighted by Crippen LogP contribution is -2.30. The summed E-state index contributed by atoms with van der Waals surface area (Å²) in [5.41, 5.74) is 3.76. The molecule has 3 heterocycles. The number of pyridine rings is 1. The van der Waals surface area contributed by atoms with Gasteiger partial charge in [-0.25, -0.2) is 4.79 Å². The number of carbonyl (C=O) groups is 1. The third-order valence-corrected chi connectivity index (χ3v) is 4.52. The van der Waals surface area contributed by atoms with Crippen molar-refractivity contribution >= 4 is 5.97 Å². The molecule has 1 atom stereocenters. The van der Waals surface area contributed by atoms with Crippen LogP contribution in [-0.2, 0) is 17.6 Å². The van der Waals surface area contributed by atoms with Gasteiger partial charge in [-0.05, 0) is 48.2 Å². The van der Waals surface area contributed by atoms with Gasteiger partial charge in [0.05, 0.1) is 24.2 Å². The van der Waals surface area contributed by atoms with E-state index in [9.17, 15) is 4.79 Å². The molecule has 0 bridgehead atoms. The van der Waals surface area contributed by atoms with Crippen molar-refractivity contribution in [3.63, 3.8) is 0 Å². The average molecular weight is 365 g/mol. The lowest BCUT2D eigenvalue weighted by atomic mass is 9.99. The molecular weight excluding hydrogens is 346 g/mol. The summed E-state index contributed by atoms with van der Waals surface area (Å²) in [5, 5.41) is 15.9. The summed E-state index contributed by atoms with van der Waals surface area (Å²) < 4.78 is 11.4. The Labute approximate surface area is 156 Å². The number of hydrogen-bond donors (Lipinski definition) is 2. The number of aliphatic carboxylic acids is 1. The molecule has 1 aromatic carbocycles. The Morgan fingerprint density at radius 3 is 2.96 bits per heavy atom. The first-order chi connectivity index (χ1) is 13.2. The van der Waals surface area contributed by atoms with Gasteiger partial charge in [-0.2, -0.15) is 5.10 Å². The fourth-order valence-electron chi connectivity index (χ4n) is 3.05. The second-order valence-electron chi connectivity index (χ2n) is 6.37. The van der Waals surface area contributed by atoms with Crippen LogP contribution in [-0.4, -0.2) is 39.0 Å². The molecule has 0 aliphatic carbocycles. The van der Waals surface area contributed by atoms with E-state index in [0.717, 1.165) is 28.9 Å². The molecule has 1 unspecified atom stereocenters. The van der Waals surface area contributed by atoms with Gasteiger partial charge in [-0.15, -0.1) is 0 Å². The topological polar surface area (TPSA) is 97.3 Å². The van der Waals surface area contributed by atoms with Gasteiger partial charge in [0.1, 0.15) is 11.5 Å². The van der Waals surface area contributed by atoms with Crippen LogP contribution in [0.15, 0.2) is 48.8 Å². The van der Waals surface area contributed by atoms with Crippen molar-refractivity contribution in [3.8, 4) is 22.9 Å². The molecule has 2 aromatic heterocycles. The second-order valence-corrected chi connectivity index (χ2v) is 6.37. The predicted molar refractivity (Wildman–Crippen MR) is 97.8 cm³/mol. The van der Waals surface area contributed by atoms with Gasteiger partial charge in [-0.1, -0.05) is 12.1 Å². The van der Waals surface area contributed by atoms with Crippen molar-refractivity contribution in [2.24, 2.45) is 0 Å². The Balaban J connectivity index is 1.34. The normalized spacial score (nSPS) is 15.6. The zero-order chi connectivity index (χ0) is 18.6. The quantitative estimate of drug-likeness (QED) is 0.697. The molecule has 0 spiro atoms. The van der Waals surface area contributed by atoms with E-state index in [1.54, 1.807) is 12.4 Å². The number of carboxylic acids is 1. The van der Waals surface area contributed by atoms with Gasteiger partial charge in [-0.3, -0.25) is 10.1 Å². The SMILES string of the molecule is O=C(O)C1CCc2ccc(CCOc3ccc(-c4ccn[nH]4)nc3)cc2O1. The maximum Gasteiger partial charge on any atom is 0.344 e. The van der Waals surface area contributed by atoms with E-state index >= 15 is 0 Å². The number of aryl methyl sites for hydroxylation is 1. The number of hydrogen-bond acceptors (Lipinski definition) is 5. The number of carboxylic acid groups (broad SMARTS) is 1. The molecular formula is C20H19N3O4. The van der Waals surface area contributed by atoms with Crippen LogP contribution in [0.1, 0.15) is 17.5 Å². The molecule has 0 radical (unpaired) electrons. The molecule has 138 valence electrons. The Bertz CT molecular complexity index is 923. The highest BCUT2D eigenvalue weighted by molar-refractivity contribution is 5.73. The van der Waals surface area contributed by atoms with Gasteiger partial charge >= 0.3 is 5.97 Å². The fourth-order valence-corrected chi connectivity index (χ4v) is 3.05. The Morgan fingerprint density at radius 2 is 2.22 bits per heavy atom. The lowest BCUT2D eigenvalue weighted by Gasteiger charge is -2.23. The van der Waals surface area contributed by atoms with Crippen molar-refractivity contribution < 1.29 is 19.4 Å². The molecule has 3 aromatic rings. The van der Waals surface area contributed by atoms with Crippen molar-refractivity contribution in [1.82, 2.24) is 15.2 Å². The molecule has 0 saturated heterocycles. The van der Waals surface area contributed by atoms with E-state index in [0.29, 0.717) is 30.9 Å². The Morgan fingerprint density at radius 1 is 1.30 bits per heavy atom. The van der Waals surface area contributed by atoms with Crippen molar-refractivity contribution in [2.75, 3.05) is 6.61 Å². The van der Waals surface area contributed by atoms with Gasteiger partial charge in [0.25, 0.3) is 0 Å². The summed E-state index contributed by atoms with van der Waals surface area (Å²) in [5.74, 6) is 0.440. The maximum absolute atomic E-state index is 11.1. The average Bonchev–Trinajstić information content (AvgIpc) is 3.23. The minimum atomic E-state index is -0.916. The molecule has 4 rings (SSSR count). The van der Waals surface area contributed by atoms with Crippen molar-refractivity contribution in [2.45, 2.75) is 25.4 Å². The molecule has 7 heteroatoms. The summed E-state index contributed by atoms with van der Waals surface area (Å²) in [6, 6.07) is 11.6. The maximum atomic E-state index is 11.1. The number of aromatic nitrogens is 3. The van der Waals surface area contributed by atoms with Gasteiger partial charge < -0.3 is 14.6 Å². The second kappa shape index (κ2) is 7.49. The number of nitrogens with zero attached hydrogens (tertiary/aromatic N) is 2. The summed E-state index contributed by atoms with van der Waals surface area (Å²) in [7, 11) is 0. The number of ether oxygens (including phenoxy) is 2. The van der Waals surface area contributed by atoms with Crippen LogP contribution in [0.25, 0.3) is 11.4 Å². The molecule has 0 amide bonds. The van der Waals surface area contributed by atoms with Crippen molar-refractivity contribution in [1.29, 1.82) is 0 Å². The first-order valence-electron chi connectivity index (χ1n) is 8.79. The predicted octanol–water partition coefficient (Wildman–Crippen LogP) is 2.87. The number of H-pyrrole nitrogens is 1. The zero-order valence-electron chi connectivity index (χ0n) is 14.6. The summed E-state index contributed by atoms with van der Waals surface area (Å²) in [4.78, 5) is 15.5. The number of nitrogens with one attached hydrogen (secondary N) is 1. The highest BCUT2D eigenvalue weighted by atomic mass is 16.5. The van der Waals surface area contributed by atoms with Crippen LogP contribution in [0, 0.1) is 0 Å². The first-order valence-corrected chi connectivity index (χ1v) is 8.79. The highest BCUT2D eigenvalue weighted by Gasteiger charge is 2.25. The number of rotatable bonds is 6. The van der Waals surface area contributed by atoms with Crippen LogP contribution in [0.4, 0.5) is 0 Å². The molecule has 1 aliphatic heterocycles. The fraction of sp³-hybridized carbons (Fsp3) is 0.250. The molecule has 7 nitrogen and oxygen atoms in total. The van der Waals surface area contributed by atoms with E-state index < -0.39 is 12.1 Å². The van der Waals surface area contributed by atoms with E-state index in [2.05, 4.69) is 15.2 Å². The lowest BCUT2D eigenvalue weighted by molar-refractivity contribution is -0.145. The summed E-state index contributed by atoms with van der Waals surface area (Å²) in [6.07, 6.45) is 4.52. The Kier molecular flexibility index (Phi) is 4.74. The van der Waals surface area contributed by atoms with Crippen LogP contribution in [0.5, 0.6) is 11.5 Å². The number of benzene rings is 1. The zero-order valence-corrected chi connectivity index (χ0v) is 14.6. The monoisotopic (exact) mass is 365 g/mol. The summed E-state index contributed by atoms with van der Waals surface area (Å²) in [6.45, 7) is 0.492. The Hall–Kier alpha value is -3.35. The largest absolute Gasteiger partial charge is 0.492 e. The number of fused-ring (bicyclic) bond motifs is 1. The van der Waals surface area contributed by atoms with Gasteiger partial charge in [0.15, 0.2) is 6.10 Å². The standard InChI is InChI=1S/C20H19N3O4/c24-20(25)18-6-3-14-2-1-13(11-19(14)27-18)8-10-26-15-4-5-16(21-12-15)17-7-9-22-23-17/h1-2,4-5,7,9,11-12,18H,3,6,8,10H2,(H,22,23)(H,24,25). The van der Waals surface area contributed by atoms with Gasteiger partial charge in [0.2, 0.25) is 0 Å². The van der Waals surface area contributed by atoms with Crippen LogP contribution in [0.3, 0.4) is 0 Å². The van der Waals surface area contributed by atoms with Crippen LogP contribution in [0.2, 0.25) is 0 Å². The molecule has 1 aliphatic rings. The molecule has 27 heavy (non-hydrogen) atoms. The number of aromatic amines is 1. The van der Waals surface area contributed by atoms with Crippen molar-refractivity contribution in [3.05, 3.63) is 59.9 Å². The van der Waals surface area contributed by atoms with Crippen LogP contribution < -0.4 is 9.47 Å². The smallest absolute Gasteiger partial charge is 0.344 e.